The van der Waals surface area contributed by atoms with Crippen LogP contribution in [0.4, 0.5) is 11.8 Å². The Kier molecular flexibility index (Phi) is 6.80. The fourth-order valence-corrected chi connectivity index (χ4v) is 3.13. The van der Waals surface area contributed by atoms with Crippen LogP contribution in [0.2, 0.25) is 0 Å². The summed E-state index contributed by atoms with van der Waals surface area (Å²) in [6.07, 6.45) is 1.82. The Morgan fingerprint density at radius 1 is 1.12 bits per heavy atom. The second-order valence-electron chi connectivity index (χ2n) is 6.47. The van der Waals surface area contributed by atoms with Crippen molar-refractivity contribution < 1.29 is 4.74 Å². The average Bonchev–Trinajstić information content (AvgIpc) is 2.72. The molecule has 1 aliphatic heterocycles. The minimum Gasteiger partial charge on any atom is -0.378 e. The third-order valence-electron chi connectivity index (χ3n) is 4.72. The largest absolute Gasteiger partial charge is 0.378 e. The number of hydrogen-bond acceptors (Lipinski definition) is 6. The summed E-state index contributed by atoms with van der Waals surface area (Å²) in [4.78, 5) is 13.7. The van der Waals surface area contributed by atoms with Crippen molar-refractivity contribution in [3.05, 3.63) is 47.7 Å². The van der Waals surface area contributed by atoms with Crippen LogP contribution in [-0.4, -0.2) is 54.3 Å². The molecule has 6 nitrogen and oxygen atoms in total. The molecule has 0 unspecified atom stereocenters. The lowest BCUT2D eigenvalue weighted by atomic mass is 10.1. The van der Waals surface area contributed by atoms with E-state index >= 15 is 0 Å². The van der Waals surface area contributed by atoms with Gasteiger partial charge in [-0.15, -0.1) is 0 Å². The lowest BCUT2D eigenvalue weighted by molar-refractivity contribution is 0.122. The molecule has 140 valence electrons. The van der Waals surface area contributed by atoms with E-state index in [2.05, 4.69) is 63.2 Å². The van der Waals surface area contributed by atoms with E-state index in [4.69, 9.17) is 4.74 Å². The van der Waals surface area contributed by atoms with Gasteiger partial charge in [-0.1, -0.05) is 38.1 Å². The number of aromatic nitrogens is 2. The van der Waals surface area contributed by atoms with Gasteiger partial charge in [-0.3, -0.25) is 4.90 Å². The van der Waals surface area contributed by atoms with Gasteiger partial charge in [0.05, 0.1) is 13.2 Å². The predicted octanol–water partition coefficient (Wildman–Crippen LogP) is 2.77. The molecule has 0 saturated carbocycles. The summed E-state index contributed by atoms with van der Waals surface area (Å²) in [6, 6.07) is 10.7. The van der Waals surface area contributed by atoms with Crippen molar-refractivity contribution in [1.29, 1.82) is 0 Å². The van der Waals surface area contributed by atoms with Crippen LogP contribution >= 0.6 is 0 Å². The van der Waals surface area contributed by atoms with Crippen molar-refractivity contribution in [2.24, 2.45) is 0 Å². The van der Waals surface area contributed by atoms with Gasteiger partial charge in [0.1, 0.15) is 5.82 Å². The summed E-state index contributed by atoms with van der Waals surface area (Å²) in [5.74, 6) is 1.63. The molecule has 0 atom stereocenters. The van der Waals surface area contributed by atoms with Gasteiger partial charge < -0.3 is 15.0 Å². The molecule has 1 aromatic heterocycles. The van der Waals surface area contributed by atoms with Crippen molar-refractivity contribution in [3.8, 4) is 0 Å². The zero-order valence-electron chi connectivity index (χ0n) is 15.8. The second kappa shape index (κ2) is 9.50. The van der Waals surface area contributed by atoms with E-state index < -0.39 is 0 Å². The van der Waals surface area contributed by atoms with Crippen LogP contribution in [0, 0.1) is 0 Å². The first-order valence-electron chi connectivity index (χ1n) is 9.48. The van der Waals surface area contributed by atoms with Crippen LogP contribution in [0.3, 0.4) is 0 Å². The maximum atomic E-state index is 5.41. The van der Waals surface area contributed by atoms with E-state index in [0.717, 1.165) is 58.3 Å². The van der Waals surface area contributed by atoms with Crippen LogP contribution in [0.1, 0.15) is 25.0 Å². The molecule has 1 fully saturated rings. The highest BCUT2D eigenvalue weighted by atomic mass is 16.5. The number of nitrogens with one attached hydrogen (secondary N) is 1. The van der Waals surface area contributed by atoms with E-state index in [9.17, 15) is 0 Å². The first-order chi connectivity index (χ1) is 12.8. The number of nitrogens with zero attached hydrogens (tertiary/aromatic N) is 4. The summed E-state index contributed by atoms with van der Waals surface area (Å²) < 4.78 is 5.41. The molecule has 1 saturated heterocycles. The average molecular weight is 355 g/mol. The molecule has 6 heteroatoms. The fraction of sp³-hybridized carbons (Fsp3) is 0.500. The van der Waals surface area contributed by atoms with Crippen molar-refractivity contribution in [2.75, 3.05) is 49.6 Å². The van der Waals surface area contributed by atoms with Crippen molar-refractivity contribution in [2.45, 2.75) is 26.9 Å². The maximum Gasteiger partial charge on any atom is 0.224 e. The topological polar surface area (TPSA) is 53.5 Å². The Morgan fingerprint density at radius 2 is 1.88 bits per heavy atom. The van der Waals surface area contributed by atoms with E-state index in [1.165, 1.54) is 11.1 Å². The molecule has 0 radical (unpaired) electrons. The van der Waals surface area contributed by atoms with Gasteiger partial charge in [-0.05, 0) is 30.3 Å². The molecule has 3 rings (SSSR count). The molecule has 0 spiro atoms. The Hall–Kier alpha value is -2.18. The first kappa shape index (κ1) is 18.6. The van der Waals surface area contributed by atoms with Crippen LogP contribution in [-0.2, 0) is 17.8 Å². The summed E-state index contributed by atoms with van der Waals surface area (Å²) >= 11 is 0. The molecule has 26 heavy (non-hydrogen) atoms. The molecule has 1 aliphatic rings. The molecule has 0 aliphatic carbocycles. The minimum absolute atomic E-state index is 0.670. The highest BCUT2D eigenvalue weighted by Crippen LogP contribution is 2.15. The summed E-state index contributed by atoms with van der Waals surface area (Å²) in [7, 11) is 0. The molecule has 0 bridgehead atoms. The van der Waals surface area contributed by atoms with Crippen molar-refractivity contribution >= 4 is 11.8 Å². The SMILES string of the molecule is CCN(CC)Cc1cccc(CNc2nccc(N3CCOCC3)n2)c1. The van der Waals surface area contributed by atoms with Crippen molar-refractivity contribution in [1.82, 2.24) is 14.9 Å². The predicted molar refractivity (Wildman–Crippen MR) is 105 cm³/mol. The highest BCUT2D eigenvalue weighted by Gasteiger charge is 2.13. The standard InChI is InChI=1S/C20H29N5O/c1-3-24(4-2)16-18-7-5-6-17(14-18)15-22-20-21-9-8-19(23-20)25-10-12-26-13-11-25/h5-9,14H,3-4,10-13,15-16H2,1-2H3,(H,21,22,23). The van der Waals surface area contributed by atoms with E-state index in [1.807, 2.05) is 12.3 Å². The molecular formula is C20H29N5O. The zero-order valence-corrected chi connectivity index (χ0v) is 15.8. The van der Waals surface area contributed by atoms with Gasteiger partial charge in [-0.2, -0.15) is 4.98 Å². The third-order valence-corrected chi connectivity index (χ3v) is 4.72. The number of benzene rings is 1. The number of rotatable bonds is 8. The number of ether oxygens (including phenoxy) is 1. The second-order valence-corrected chi connectivity index (χ2v) is 6.47. The van der Waals surface area contributed by atoms with Gasteiger partial charge in [0, 0.05) is 32.4 Å². The summed E-state index contributed by atoms with van der Waals surface area (Å²) in [6.45, 7) is 11.5. The first-order valence-corrected chi connectivity index (χ1v) is 9.48. The van der Waals surface area contributed by atoms with Crippen LogP contribution in [0.15, 0.2) is 36.5 Å². The lowest BCUT2D eigenvalue weighted by Crippen LogP contribution is -2.36. The van der Waals surface area contributed by atoms with Gasteiger partial charge in [0.25, 0.3) is 0 Å². The quantitative estimate of drug-likeness (QED) is 0.786. The molecule has 1 aromatic carbocycles. The Morgan fingerprint density at radius 3 is 2.65 bits per heavy atom. The molecule has 2 heterocycles. The lowest BCUT2D eigenvalue weighted by Gasteiger charge is -2.27. The van der Waals surface area contributed by atoms with Gasteiger partial charge in [0.2, 0.25) is 5.95 Å². The summed E-state index contributed by atoms with van der Waals surface area (Å²) in [5.41, 5.74) is 2.59. The number of hydrogen-bond donors (Lipinski definition) is 1. The zero-order chi connectivity index (χ0) is 18.2. The van der Waals surface area contributed by atoms with E-state index in [0.29, 0.717) is 5.95 Å². The van der Waals surface area contributed by atoms with Crippen LogP contribution in [0.5, 0.6) is 0 Å². The van der Waals surface area contributed by atoms with Gasteiger partial charge in [0.15, 0.2) is 0 Å². The monoisotopic (exact) mass is 355 g/mol. The van der Waals surface area contributed by atoms with E-state index in [-0.39, 0.29) is 0 Å². The number of anilines is 2. The van der Waals surface area contributed by atoms with E-state index in [1.54, 1.807) is 0 Å². The maximum absolute atomic E-state index is 5.41. The smallest absolute Gasteiger partial charge is 0.224 e. The summed E-state index contributed by atoms with van der Waals surface area (Å²) in [5, 5.41) is 3.36. The van der Waals surface area contributed by atoms with Crippen molar-refractivity contribution in [3.63, 3.8) is 0 Å². The third kappa shape index (κ3) is 5.16. The molecule has 0 amide bonds. The molecule has 1 N–H and O–H groups in total. The molecular weight excluding hydrogens is 326 g/mol. The normalized spacial score (nSPS) is 14.7. The highest BCUT2D eigenvalue weighted by molar-refractivity contribution is 5.43. The van der Waals surface area contributed by atoms with Crippen LogP contribution in [0.25, 0.3) is 0 Å². The van der Waals surface area contributed by atoms with Crippen LogP contribution < -0.4 is 10.2 Å². The Bertz CT molecular complexity index is 683. The fourth-order valence-electron chi connectivity index (χ4n) is 3.13. The Balaban J connectivity index is 1.60. The minimum atomic E-state index is 0.670. The Labute approximate surface area is 156 Å². The number of morpholine rings is 1. The van der Waals surface area contributed by atoms with Gasteiger partial charge in [-0.25, -0.2) is 4.98 Å². The van der Waals surface area contributed by atoms with Gasteiger partial charge >= 0.3 is 0 Å². The molecule has 2 aromatic rings.